The number of halogens is 1. The molecule has 21 heavy (non-hydrogen) atoms. The van der Waals surface area contributed by atoms with Gasteiger partial charge >= 0.3 is 0 Å². The van der Waals surface area contributed by atoms with Gasteiger partial charge in [0.05, 0.1) is 16.7 Å². The van der Waals surface area contributed by atoms with Crippen LogP contribution in [0.5, 0.6) is 0 Å². The van der Waals surface area contributed by atoms with Crippen molar-refractivity contribution < 1.29 is 8.42 Å². The van der Waals surface area contributed by atoms with Crippen molar-refractivity contribution in [2.75, 3.05) is 13.1 Å². The Balaban J connectivity index is 2.34. The fourth-order valence-electron chi connectivity index (χ4n) is 2.56. The maximum Gasteiger partial charge on any atom is 0.244 e. The standard InChI is InChI=1S/C15H19ClN2O2S/c1-15(2,3)12-6-7-18(10-12)21(19,20)14-8-11(9-17)4-5-13(14)16/h4-5,8,12H,6-7,10H2,1-3H3. The predicted octanol–water partition coefficient (Wildman–Crippen LogP) is 3.27. The Morgan fingerprint density at radius 3 is 2.57 bits per heavy atom. The Bertz CT molecular complexity index is 687. The smallest absolute Gasteiger partial charge is 0.207 e. The maximum absolute atomic E-state index is 12.7. The van der Waals surface area contributed by atoms with Crippen molar-refractivity contribution in [3.63, 3.8) is 0 Å². The lowest BCUT2D eigenvalue weighted by Crippen LogP contribution is -2.31. The summed E-state index contributed by atoms with van der Waals surface area (Å²) in [6.45, 7) is 7.36. The minimum Gasteiger partial charge on any atom is -0.207 e. The van der Waals surface area contributed by atoms with Crippen LogP contribution in [0.25, 0.3) is 0 Å². The average molecular weight is 327 g/mol. The predicted molar refractivity (Wildman–Crippen MR) is 82.5 cm³/mol. The molecule has 6 heteroatoms. The zero-order chi connectivity index (χ0) is 15.8. The Labute approximate surface area is 131 Å². The van der Waals surface area contributed by atoms with Gasteiger partial charge in [0.25, 0.3) is 0 Å². The molecule has 0 amide bonds. The molecule has 1 aromatic rings. The zero-order valence-corrected chi connectivity index (χ0v) is 14.0. The summed E-state index contributed by atoms with van der Waals surface area (Å²) in [5, 5.41) is 9.09. The van der Waals surface area contributed by atoms with E-state index in [9.17, 15) is 8.42 Å². The second kappa shape index (κ2) is 5.60. The number of nitriles is 1. The molecule has 1 fully saturated rings. The van der Waals surface area contributed by atoms with E-state index >= 15 is 0 Å². The molecule has 0 bridgehead atoms. The van der Waals surface area contributed by atoms with Crippen LogP contribution in [0, 0.1) is 22.7 Å². The second-order valence-electron chi connectivity index (χ2n) is 6.47. The van der Waals surface area contributed by atoms with E-state index in [0.29, 0.717) is 24.6 Å². The second-order valence-corrected chi connectivity index (χ2v) is 8.79. The SMILES string of the molecule is CC(C)(C)C1CCN(S(=O)(=O)c2cc(C#N)ccc2Cl)C1. The van der Waals surface area contributed by atoms with E-state index in [2.05, 4.69) is 20.8 Å². The largest absolute Gasteiger partial charge is 0.244 e. The van der Waals surface area contributed by atoms with Crippen LogP contribution in [-0.4, -0.2) is 25.8 Å². The van der Waals surface area contributed by atoms with Crippen molar-refractivity contribution in [2.45, 2.75) is 32.1 Å². The fraction of sp³-hybridized carbons (Fsp3) is 0.533. The summed E-state index contributed by atoms with van der Waals surface area (Å²) < 4.78 is 26.9. The lowest BCUT2D eigenvalue weighted by molar-refractivity contribution is 0.252. The van der Waals surface area contributed by atoms with Gasteiger partial charge in [-0.25, -0.2) is 8.42 Å². The van der Waals surface area contributed by atoms with E-state index in [1.54, 1.807) is 0 Å². The third kappa shape index (κ3) is 3.23. The number of nitrogens with zero attached hydrogens (tertiary/aromatic N) is 2. The van der Waals surface area contributed by atoms with E-state index in [-0.39, 0.29) is 15.3 Å². The van der Waals surface area contributed by atoms with E-state index < -0.39 is 10.0 Å². The molecule has 0 aliphatic carbocycles. The maximum atomic E-state index is 12.7. The molecule has 1 heterocycles. The van der Waals surface area contributed by atoms with Crippen molar-refractivity contribution in [1.29, 1.82) is 5.26 Å². The third-order valence-electron chi connectivity index (χ3n) is 4.05. The summed E-state index contributed by atoms with van der Waals surface area (Å²) in [6.07, 6.45) is 0.846. The number of rotatable bonds is 2. The molecule has 0 saturated carbocycles. The normalized spacial score (nSPS) is 20.4. The lowest BCUT2D eigenvalue weighted by atomic mass is 9.80. The van der Waals surface area contributed by atoms with Crippen molar-refractivity contribution in [3.05, 3.63) is 28.8 Å². The first kappa shape index (κ1) is 16.3. The molecule has 2 rings (SSSR count). The number of hydrogen-bond acceptors (Lipinski definition) is 3. The van der Waals surface area contributed by atoms with Gasteiger partial charge in [-0.3, -0.25) is 0 Å². The third-order valence-corrected chi connectivity index (χ3v) is 6.40. The average Bonchev–Trinajstić information content (AvgIpc) is 2.89. The van der Waals surface area contributed by atoms with Gasteiger partial charge in [-0.15, -0.1) is 0 Å². The van der Waals surface area contributed by atoms with Gasteiger partial charge in [0.1, 0.15) is 4.90 Å². The summed E-state index contributed by atoms with van der Waals surface area (Å²) in [5.41, 5.74) is 0.368. The van der Waals surface area contributed by atoms with Gasteiger partial charge in [0.2, 0.25) is 10.0 Å². The van der Waals surface area contributed by atoms with E-state index in [1.165, 1.54) is 22.5 Å². The van der Waals surface area contributed by atoms with Gasteiger partial charge in [-0.1, -0.05) is 32.4 Å². The Morgan fingerprint density at radius 2 is 2.05 bits per heavy atom. The first-order valence-corrected chi connectivity index (χ1v) is 8.68. The molecule has 0 N–H and O–H groups in total. The summed E-state index contributed by atoms with van der Waals surface area (Å²) in [4.78, 5) is 0.0257. The Morgan fingerprint density at radius 1 is 1.38 bits per heavy atom. The Kier molecular flexibility index (Phi) is 4.34. The topological polar surface area (TPSA) is 61.2 Å². The number of hydrogen-bond donors (Lipinski definition) is 0. The van der Waals surface area contributed by atoms with Crippen LogP contribution in [0.15, 0.2) is 23.1 Å². The number of sulfonamides is 1. The molecule has 4 nitrogen and oxygen atoms in total. The minimum absolute atomic E-state index is 0.0257. The van der Waals surface area contributed by atoms with Crippen LogP contribution in [0.1, 0.15) is 32.8 Å². The molecular formula is C15H19ClN2O2S. The van der Waals surface area contributed by atoms with Gasteiger partial charge in [-0.05, 0) is 36.0 Å². The van der Waals surface area contributed by atoms with Gasteiger partial charge in [0, 0.05) is 13.1 Å². The summed E-state index contributed by atoms with van der Waals surface area (Å²) >= 11 is 6.03. The van der Waals surface area contributed by atoms with Gasteiger partial charge in [-0.2, -0.15) is 9.57 Å². The molecule has 114 valence electrons. The van der Waals surface area contributed by atoms with Crippen LogP contribution < -0.4 is 0 Å². The van der Waals surface area contributed by atoms with Crippen LogP contribution in [0.4, 0.5) is 0 Å². The first-order valence-electron chi connectivity index (χ1n) is 6.86. The van der Waals surface area contributed by atoms with E-state index in [1.807, 2.05) is 6.07 Å². The Hall–Kier alpha value is -1.09. The van der Waals surface area contributed by atoms with E-state index in [0.717, 1.165) is 6.42 Å². The molecule has 1 unspecified atom stereocenters. The first-order chi connectivity index (χ1) is 9.66. The molecule has 0 aromatic heterocycles. The molecule has 0 spiro atoms. The van der Waals surface area contributed by atoms with Gasteiger partial charge in [0.15, 0.2) is 0 Å². The molecule has 1 aliphatic rings. The van der Waals surface area contributed by atoms with Crippen molar-refractivity contribution >= 4 is 21.6 Å². The molecule has 1 atom stereocenters. The van der Waals surface area contributed by atoms with Gasteiger partial charge < -0.3 is 0 Å². The lowest BCUT2D eigenvalue weighted by Gasteiger charge is -2.27. The van der Waals surface area contributed by atoms with Crippen molar-refractivity contribution in [3.8, 4) is 6.07 Å². The van der Waals surface area contributed by atoms with Crippen LogP contribution in [0.2, 0.25) is 5.02 Å². The molecule has 0 radical (unpaired) electrons. The van der Waals surface area contributed by atoms with Crippen LogP contribution in [0.3, 0.4) is 0 Å². The van der Waals surface area contributed by atoms with Crippen molar-refractivity contribution in [1.82, 2.24) is 4.31 Å². The van der Waals surface area contributed by atoms with Crippen LogP contribution in [-0.2, 0) is 10.0 Å². The quantitative estimate of drug-likeness (QED) is 0.838. The minimum atomic E-state index is -3.64. The fourth-order valence-corrected chi connectivity index (χ4v) is 4.56. The van der Waals surface area contributed by atoms with Crippen molar-refractivity contribution in [2.24, 2.45) is 11.3 Å². The van der Waals surface area contributed by atoms with Crippen LogP contribution >= 0.6 is 11.6 Å². The molecule has 1 aliphatic heterocycles. The monoisotopic (exact) mass is 326 g/mol. The summed E-state index contributed by atoms with van der Waals surface area (Å²) in [7, 11) is -3.64. The highest BCUT2D eigenvalue weighted by atomic mass is 35.5. The molecule has 1 saturated heterocycles. The number of benzene rings is 1. The van der Waals surface area contributed by atoms with E-state index in [4.69, 9.17) is 16.9 Å². The highest BCUT2D eigenvalue weighted by Crippen LogP contribution is 2.37. The molecular weight excluding hydrogens is 308 g/mol. The zero-order valence-electron chi connectivity index (χ0n) is 12.4. The summed E-state index contributed by atoms with van der Waals surface area (Å²) in [6, 6.07) is 6.28. The summed E-state index contributed by atoms with van der Waals surface area (Å²) in [5.74, 6) is 0.324. The highest BCUT2D eigenvalue weighted by Gasteiger charge is 2.38. The molecule has 1 aromatic carbocycles. The highest BCUT2D eigenvalue weighted by molar-refractivity contribution is 7.89.